The van der Waals surface area contributed by atoms with Gasteiger partial charge in [-0.2, -0.15) is 4.31 Å². The maximum atomic E-state index is 12.9. The largest absolute Gasteiger partial charge is 0.345 e. The van der Waals surface area contributed by atoms with E-state index in [0.29, 0.717) is 30.3 Å². The van der Waals surface area contributed by atoms with Crippen LogP contribution >= 0.6 is 11.3 Å². The summed E-state index contributed by atoms with van der Waals surface area (Å²) in [5, 5.41) is 3.94. The molecule has 3 heterocycles. The van der Waals surface area contributed by atoms with Crippen molar-refractivity contribution >= 4 is 48.3 Å². The molecule has 0 aliphatic carbocycles. The van der Waals surface area contributed by atoms with E-state index in [9.17, 15) is 13.2 Å². The van der Waals surface area contributed by atoms with E-state index in [1.807, 2.05) is 18.2 Å². The summed E-state index contributed by atoms with van der Waals surface area (Å²) >= 11 is 1.63. The summed E-state index contributed by atoms with van der Waals surface area (Å²) in [5.74, 6) is 0.277. The van der Waals surface area contributed by atoms with Crippen molar-refractivity contribution in [3.05, 3.63) is 48.0 Å². The van der Waals surface area contributed by atoms with Gasteiger partial charge < -0.3 is 15.1 Å². The maximum absolute atomic E-state index is 12.9. The number of piperazine rings is 1. The van der Waals surface area contributed by atoms with Crippen LogP contribution in [-0.2, 0) is 10.0 Å². The molecule has 1 amide bonds. The normalized spacial score (nSPS) is 18.7. The molecule has 0 atom stereocenters. The molecule has 0 bridgehead atoms. The first-order valence-corrected chi connectivity index (χ1v) is 14.3. The number of nitrogens with one attached hydrogen (secondary N) is 1. The summed E-state index contributed by atoms with van der Waals surface area (Å²) in [6.45, 7) is 7.20. The summed E-state index contributed by atoms with van der Waals surface area (Å²) in [4.78, 5) is 22.5. The second-order valence-corrected chi connectivity index (χ2v) is 12.5. The van der Waals surface area contributed by atoms with E-state index in [0.717, 1.165) is 54.4 Å². The summed E-state index contributed by atoms with van der Waals surface area (Å²) in [5.41, 5.74) is 2.03. The lowest BCUT2D eigenvalue weighted by molar-refractivity contribution is 0.102. The average molecular weight is 514 g/mol. The summed E-state index contributed by atoms with van der Waals surface area (Å²) in [6, 6.07) is 11.9. The molecule has 0 spiro atoms. The number of nitrogens with zero attached hydrogens (tertiary/aromatic N) is 4. The molecular formula is C25H31N5O3S2. The number of benzene rings is 2. The molecular weight excluding hydrogens is 482 g/mol. The Hall–Kier alpha value is -2.53. The van der Waals surface area contributed by atoms with Crippen LogP contribution in [0.25, 0.3) is 10.2 Å². The van der Waals surface area contributed by atoms with E-state index >= 15 is 0 Å². The number of hydrogen-bond donors (Lipinski definition) is 1. The average Bonchev–Trinajstić information content (AvgIpc) is 3.28. The number of anilines is 2. The number of carbonyl (C=O) groups excluding carboxylic acids is 1. The van der Waals surface area contributed by atoms with E-state index in [1.54, 1.807) is 27.8 Å². The Labute approximate surface area is 210 Å². The fraction of sp³-hybridized carbons (Fsp3) is 0.440. The van der Waals surface area contributed by atoms with Crippen molar-refractivity contribution < 1.29 is 13.2 Å². The number of amides is 1. The van der Waals surface area contributed by atoms with Crippen molar-refractivity contribution in [2.45, 2.75) is 24.7 Å². The van der Waals surface area contributed by atoms with E-state index in [4.69, 9.17) is 4.98 Å². The highest BCUT2D eigenvalue weighted by molar-refractivity contribution is 7.89. The number of sulfonamides is 1. The quantitative estimate of drug-likeness (QED) is 0.560. The molecule has 10 heteroatoms. The second kappa shape index (κ2) is 9.85. The lowest BCUT2D eigenvalue weighted by Crippen LogP contribution is -2.44. The maximum Gasteiger partial charge on any atom is 0.255 e. The minimum Gasteiger partial charge on any atom is -0.345 e. The third kappa shape index (κ3) is 5.20. The van der Waals surface area contributed by atoms with Gasteiger partial charge in [0.2, 0.25) is 10.0 Å². The standard InChI is InChI=1S/C25H31N5O3S2/c1-18-9-11-30(12-10-18)35(32,33)21-6-3-19(4-7-21)24(31)26-20-5-8-22-23(17-20)34-25(27-22)29-15-13-28(2)14-16-29/h3-8,17-18H,9-16H2,1-2H3,(H,26,31). The fourth-order valence-electron chi connectivity index (χ4n) is 4.48. The van der Waals surface area contributed by atoms with Crippen molar-refractivity contribution in [1.82, 2.24) is 14.2 Å². The van der Waals surface area contributed by atoms with Crippen LogP contribution in [0.3, 0.4) is 0 Å². The molecule has 2 saturated heterocycles. The van der Waals surface area contributed by atoms with Crippen LogP contribution in [0.1, 0.15) is 30.1 Å². The molecule has 0 unspecified atom stereocenters. The number of piperidine rings is 1. The Kier molecular flexibility index (Phi) is 6.80. The second-order valence-electron chi connectivity index (χ2n) is 9.53. The third-order valence-electron chi connectivity index (χ3n) is 6.91. The Morgan fingerprint density at radius 1 is 1.00 bits per heavy atom. The Morgan fingerprint density at radius 3 is 2.37 bits per heavy atom. The first kappa shape index (κ1) is 24.2. The number of aromatic nitrogens is 1. The zero-order valence-electron chi connectivity index (χ0n) is 20.1. The molecule has 0 radical (unpaired) electrons. The highest BCUT2D eigenvalue weighted by atomic mass is 32.2. The number of thiazole rings is 1. The van der Waals surface area contributed by atoms with Crippen molar-refractivity contribution in [1.29, 1.82) is 0 Å². The highest BCUT2D eigenvalue weighted by Crippen LogP contribution is 2.31. The van der Waals surface area contributed by atoms with Gasteiger partial charge in [-0.15, -0.1) is 0 Å². The van der Waals surface area contributed by atoms with Gasteiger partial charge in [0.1, 0.15) is 0 Å². The zero-order valence-corrected chi connectivity index (χ0v) is 21.7. The van der Waals surface area contributed by atoms with Crippen LogP contribution in [0.4, 0.5) is 10.8 Å². The predicted octanol–water partition coefficient (Wildman–Crippen LogP) is 3.72. The Balaban J connectivity index is 1.26. The topological polar surface area (TPSA) is 85.8 Å². The van der Waals surface area contributed by atoms with Gasteiger partial charge in [-0.3, -0.25) is 4.79 Å². The van der Waals surface area contributed by atoms with E-state index in [2.05, 4.69) is 29.1 Å². The van der Waals surface area contributed by atoms with Gasteiger partial charge in [0.25, 0.3) is 5.91 Å². The van der Waals surface area contributed by atoms with Crippen LogP contribution in [0.2, 0.25) is 0 Å². The minimum absolute atomic E-state index is 0.228. The molecule has 1 aromatic heterocycles. The third-order valence-corrected chi connectivity index (χ3v) is 9.90. The lowest BCUT2D eigenvalue weighted by atomic mass is 10.0. The van der Waals surface area contributed by atoms with Gasteiger partial charge in [0.15, 0.2) is 5.13 Å². The first-order valence-electron chi connectivity index (χ1n) is 12.1. The van der Waals surface area contributed by atoms with E-state index in [-0.39, 0.29) is 10.8 Å². The molecule has 2 aromatic carbocycles. The monoisotopic (exact) mass is 513 g/mol. The van der Waals surface area contributed by atoms with Gasteiger partial charge in [0, 0.05) is 50.5 Å². The van der Waals surface area contributed by atoms with Gasteiger partial charge in [-0.1, -0.05) is 18.3 Å². The van der Waals surface area contributed by atoms with Crippen LogP contribution < -0.4 is 10.2 Å². The number of fused-ring (bicyclic) bond motifs is 1. The van der Waals surface area contributed by atoms with Gasteiger partial charge in [-0.05, 0) is 68.3 Å². The molecule has 2 fully saturated rings. The molecule has 8 nitrogen and oxygen atoms in total. The van der Waals surface area contributed by atoms with Gasteiger partial charge >= 0.3 is 0 Å². The van der Waals surface area contributed by atoms with Crippen LogP contribution in [0, 0.1) is 5.92 Å². The highest BCUT2D eigenvalue weighted by Gasteiger charge is 2.28. The van der Waals surface area contributed by atoms with Gasteiger partial charge in [-0.25, -0.2) is 13.4 Å². The number of likely N-dealkylation sites (N-methyl/N-ethyl adjacent to an activating group) is 1. The molecule has 1 N–H and O–H groups in total. The molecule has 0 saturated carbocycles. The SMILES string of the molecule is CC1CCN(S(=O)(=O)c2ccc(C(=O)Nc3ccc4nc(N5CCN(C)CC5)sc4c3)cc2)CC1. The van der Waals surface area contributed by atoms with Crippen LogP contribution in [0.5, 0.6) is 0 Å². The predicted molar refractivity (Wildman–Crippen MR) is 141 cm³/mol. The Morgan fingerprint density at radius 2 is 1.69 bits per heavy atom. The Bertz CT molecular complexity index is 1310. The van der Waals surface area contributed by atoms with Crippen molar-refractivity contribution in [2.75, 3.05) is 56.5 Å². The fourth-order valence-corrected chi connectivity index (χ4v) is 7.01. The zero-order chi connectivity index (χ0) is 24.6. The van der Waals surface area contributed by atoms with E-state index in [1.165, 1.54) is 12.1 Å². The van der Waals surface area contributed by atoms with Crippen molar-refractivity contribution in [3.8, 4) is 0 Å². The van der Waals surface area contributed by atoms with E-state index < -0.39 is 10.0 Å². The summed E-state index contributed by atoms with van der Waals surface area (Å²) in [6.07, 6.45) is 1.75. The molecule has 2 aliphatic rings. The first-order chi connectivity index (χ1) is 16.8. The molecule has 186 valence electrons. The molecule has 3 aromatic rings. The lowest BCUT2D eigenvalue weighted by Gasteiger charge is -2.31. The van der Waals surface area contributed by atoms with Crippen LogP contribution in [-0.4, -0.2) is 74.8 Å². The van der Waals surface area contributed by atoms with Crippen LogP contribution in [0.15, 0.2) is 47.4 Å². The number of hydrogen-bond acceptors (Lipinski definition) is 7. The molecule has 35 heavy (non-hydrogen) atoms. The number of rotatable bonds is 5. The van der Waals surface area contributed by atoms with Gasteiger partial charge in [0.05, 0.1) is 15.1 Å². The summed E-state index contributed by atoms with van der Waals surface area (Å²) < 4.78 is 28.4. The summed E-state index contributed by atoms with van der Waals surface area (Å²) in [7, 11) is -1.40. The molecule has 5 rings (SSSR count). The van der Waals surface area contributed by atoms with Crippen molar-refractivity contribution in [2.24, 2.45) is 5.92 Å². The molecule has 2 aliphatic heterocycles. The number of carbonyl (C=O) groups is 1. The minimum atomic E-state index is -3.53. The smallest absolute Gasteiger partial charge is 0.255 e. The van der Waals surface area contributed by atoms with Crippen molar-refractivity contribution in [3.63, 3.8) is 0 Å².